The van der Waals surface area contributed by atoms with Gasteiger partial charge in [-0.1, -0.05) is 23.8 Å². The average Bonchev–Trinajstić information content (AvgIpc) is 2.70. The SMILES string of the molecule is Cc1ccc(Nc2nc(N)nc(N3CCN(c4ccccn4)CC3)n2)cc1. The van der Waals surface area contributed by atoms with Gasteiger partial charge in [-0.2, -0.15) is 15.0 Å². The molecule has 4 rings (SSSR count). The molecule has 0 bridgehead atoms. The van der Waals surface area contributed by atoms with Gasteiger partial charge in [-0.15, -0.1) is 0 Å². The molecule has 8 nitrogen and oxygen atoms in total. The number of nitrogens with one attached hydrogen (secondary N) is 1. The van der Waals surface area contributed by atoms with Crippen molar-refractivity contribution in [2.45, 2.75) is 6.92 Å². The van der Waals surface area contributed by atoms with Gasteiger partial charge in [-0.3, -0.25) is 0 Å². The minimum Gasteiger partial charge on any atom is -0.368 e. The Balaban J connectivity index is 1.46. The van der Waals surface area contributed by atoms with E-state index in [4.69, 9.17) is 5.73 Å². The zero-order valence-electron chi connectivity index (χ0n) is 15.2. The third-order valence-corrected chi connectivity index (χ3v) is 4.48. The minimum absolute atomic E-state index is 0.210. The Kier molecular flexibility index (Phi) is 4.69. The molecule has 27 heavy (non-hydrogen) atoms. The Labute approximate surface area is 158 Å². The molecule has 138 valence electrons. The van der Waals surface area contributed by atoms with Crippen LogP contribution in [-0.4, -0.2) is 46.1 Å². The molecular weight excluding hydrogens is 340 g/mol. The van der Waals surface area contributed by atoms with Gasteiger partial charge in [0.2, 0.25) is 17.8 Å². The summed E-state index contributed by atoms with van der Waals surface area (Å²) >= 11 is 0. The largest absolute Gasteiger partial charge is 0.368 e. The van der Waals surface area contributed by atoms with Crippen molar-refractivity contribution >= 4 is 29.4 Å². The van der Waals surface area contributed by atoms with Crippen molar-refractivity contribution in [2.24, 2.45) is 0 Å². The molecule has 0 unspecified atom stereocenters. The fourth-order valence-electron chi connectivity index (χ4n) is 3.02. The van der Waals surface area contributed by atoms with Gasteiger partial charge in [0.15, 0.2) is 0 Å². The zero-order valence-corrected chi connectivity index (χ0v) is 15.2. The lowest BCUT2D eigenvalue weighted by Crippen LogP contribution is -2.47. The first-order valence-electron chi connectivity index (χ1n) is 8.93. The number of hydrogen-bond acceptors (Lipinski definition) is 8. The Morgan fingerprint density at radius 3 is 2.33 bits per heavy atom. The molecule has 3 aromatic rings. The highest BCUT2D eigenvalue weighted by atomic mass is 15.4. The predicted octanol–water partition coefficient (Wildman–Crippen LogP) is 2.23. The predicted molar refractivity (Wildman–Crippen MR) is 107 cm³/mol. The van der Waals surface area contributed by atoms with Crippen LogP contribution < -0.4 is 20.9 Å². The summed E-state index contributed by atoms with van der Waals surface area (Å²) in [7, 11) is 0. The number of anilines is 5. The van der Waals surface area contributed by atoms with Crippen molar-refractivity contribution in [3.05, 3.63) is 54.2 Å². The van der Waals surface area contributed by atoms with E-state index in [1.54, 1.807) is 0 Å². The molecule has 1 aromatic carbocycles. The number of nitrogens with zero attached hydrogens (tertiary/aromatic N) is 6. The summed E-state index contributed by atoms with van der Waals surface area (Å²) in [6.45, 7) is 5.34. The molecule has 3 N–H and O–H groups in total. The molecule has 1 aliphatic heterocycles. The Hall–Kier alpha value is -3.42. The van der Waals surface area contributed by atoms with Crippen molar-refractivity contribution in [2.75, 3.05) is 47.0 Å². The van der Waals surface area contributed by atoms with Gasteiger partial charge in [0.1, 0.15) is 5.82 Å². The summed E-state index contributed by atoms with van der Waals surface area (Å²) in [5.41, 5.74) is 8.02. The molecule has 0 saturated carbocycles. The quantitative estimate of drug-likeness (QED) is 0.729. The molecule has 0 atom stereocenters. The summed E-state index contributed by atoms with van der Waals surface area (Å²) in [5, 5.41) is 3.20. The van der Waals surface area contributed by atoms with Gasteiger partial charge in [-0.05, 0) is 31.2 Å². The van der Waals surface area contributed by atoms with Gasteiger partial charge in [0, 0.05) is 38.1 Å². The Morgan fingerprint density at radius 1 is 0.889 bits per heavy atom. The van der Waals surface area contributed by atoms with Crippen LogP contribution in [0.5, 0.6) is 0 Å². The zero-order chi connectivity index (χ0) is 18.6. The lowest BCUT2D eigenvalue weighted by atomic mass is 10.2. The first-order valence-corrected chi connectivity index (χ1v) is 8.93. The van der Waals surface area contributed by atoms with Crippen LogP contribution in [0.15, 0.2) is 48.7 Å². The molecule has 1 aliphatic rings. The second-order valence-electron chi connectivity index (χ2n) is 6.47. The number of pyridine rings is 1. The summed E-state index contributed by atoms with van der Waals surface area (Å²) in [5.74, 6) is 2.25. The van der Waals surface area contributed by atoms with Gasteiger partial charge >= 0.3 is 0 Å². The van der Waals surface area contributed by atoms with Crippen LogP contribution >= 0.6 is 0 Å². The highest BCUT2D eigenvalue weighted by Gasteiger charge is 2.21. The van der Waals surface area contributed by atoms with Crippen LogP contribution in [0.1, 0.15) is 5.56 Å². The van der Waals surface area contributed by atoms with E-state index in [2.05, 4.69) is 35.1 Å². The van der Waals surface area contributed by atoms with Crippen molar-refractivity contribution in [1.29, 1.82) is 0 Å². The fourth-order valence-corrected chi connectivity index (χ4v) is 3.02. The van der Waals surface area contributed by atoms with Gasteiger partial charge in [-0.25, -0.2) is 4.98 Å². The maximum Gasteiger partial charge on any atom is 0.233 e. The maximum absolute atomic E-state index is 5.91. The van der Waals surface area contributed by atoms with Crippen LogP contribution in [0.4, 0.5) is 29.4 Å². The highest BCUT2D eigenvalue weighted by molar-refractivity contribution is 5.56. The fraction of sp³-hybridized carbons (Fsp3) is 0.263. The number of piperazine rings is 1. The number of aryl methyl sites for hydroxylation is 1. The van der Waals surface area contributed by atoms with Crippen LogP contribution in [0.25, 0.3) is 0 Å². The lowest BCUT2D eigenvalue weighted by molar-refractivity contribution is 0.634. The smallest absolute Gasteiger partial charge is 0.233 e. The molecule has 0 spiro atoms. The van der Waals surface area contributed by atoms with Crippen LogP contribution in [-0.2, 0) is 0 Å². The molecule has 3 heterocycles. The molecular formula is C19H22N8. The number of nitrogens with two attached hydrogens (primary N) is 1. The normalized spacial score (nSPS) is 14.3. The molecule has 0 aliphatic carbocycles. The number of nitrogen functional groups attached to an aromatic ring is 1. The van der Waals surface area contributed by atoms with Crippen molar-refractivity contribution in [3.8, 4) is 0 Å². The number of benzene rings is 1. The summed E-state index contributed by atoms with van der Waals surface area (Å²) < 4.78 is 0. The van der Waals surface area contributed by atoms with Crippen molar-refractivity contribution < 1.29 is 0 Å². The van der Waals surface area contributed by atoms with Gasteiger partial charge in [0.05, 0.1) is 0 Å². The summed E-state index contributed by atoms with van der Waals surface area (Å²) in [6.07, 6.45) is 1.82. The van der Waals surface area contributed by atoms with Crippen molar-refractivity contribution in [1.82, 2.24) is 19.9 Å². The number of rotatable bonds is 4. The van der Waals surface area contributed by atoms with E-state index in [1.807, 2.05) is 55.6 Å². The molecule has 0 radical (unpaired) electrons. The van der Waals surface area contributed by atoms with Crippen molar-refractivity contribution in [3.63, 3.8) is 0 Å². The average molecular weight is 362 g/mol. The highest BCUT2D eigenvalue weighted by Crippen LogP contribution is 2.19. The van der Waals surface area contributed by atoms with E-state index < -0.39 is 0 Å². The van der Waals surface area contributed by atoms with Gasteiger partial charge < -0.3 is 20.9 Å². The second-order valence-corrected chi connectivity index (χ2v) is 6.47. The van der Waals surface area contributed by atoms with E-state index in [0.717, 1.165) is 37.7 Å². The lowest BCUT2D eigenvalue weighted by Gasteiger charge is -2.35. The molecule has 2 aromatic heterocycles. The summed E-state index contributed by atoms with van der Waals surface area (Å²) in [6, 6.07) is 14.0. The third-order valence-electron chi connectivity index (χ3n) is 4.48. The molecule has 1 saturated heterocycles. The Bertz CT molecular complexity index is 889. The van der Waals surface area contributed by atoms with E-state index in [9.17, 15) is 0 Å². The first-order chi connectivity index (χ1) is 13.2. The standard InChI is InChI=1S/C19H22N8/c1-14-5-7-15(8-6-14)22-18-23-17(20)24-19(25-18)27-12-10-26(11-13-27)16-4-2-3-9-21-16/h2-9H,10-13H2,1H3,(H3,20,22,23,24,25). The second kappa shape index (κ2) is 7.45. The van der Waals surface area contributed by atoms with Crippen LogP contribution in [0, 0.1) is 6.92 Å². The van der Waals surface area contributed by atoms with Crippen LogP contribution in [0.2, 0.25) is 0 Å². The van der Waals surface area contributed by atoms with E-state index >= 15 is 0 Å². The molecule has 0 amide bonds. The maximum atomic E-state index is 5.91. The monoisotopic (exact) mass is 362 g/mol. The minimum atomic E-state index is 0.210. The van der Waals surface area contributed by atoms with E-state index in [0.29, 0.717) is 11.9 Å². The topological polar surface area (TPSA) is 96.1 Å². The first kappa shape index (κ1) is 17.0. The Morgan fingerprint density at radius 2 is 1.63 bits per heavy atom. The van der Waals surface area contributed by atoms with E-state index in [-0.39, 0.29) is 5.95 Å². The van der Waals surface area contributed by atoms with Crippen LogP contribution in [0.3, 0.4) is 0 Å². The number of hydrogen-bond donors (Lipinski definition) is 2. The molecule has 1 fully saturated rings. The molecule has 8 heteroatoms. The van der Waals surface area contributed by atoms with E-state index in [1.165, 1.54) is 5.56 Å². The van der Waals surface area contributed by atoms with Gasteiger partial charge in [0.25, 0.3) is 0 Å². The third kappa shape index (κ3) is 4.05. The number of aromatic nitrogens is 4. The summed E-state index contributed by atoms with van der Waals surface area (Å²) in [4.78, 5) is 21.9.